The lowest BCUT2D eigenvalue weighted by Gasteiger charge is -2.10. The van der Waals surface area contributed by atoms with E-state index in [-0.39, 0.29) is 0 Å². The van der Waals surface area contributed by atoms with Crippen molar-refractivity contribution < 1.29 is 12.8 Å². The fraction of sp³-hybridized carbons (Fsp3) is 0. The molecule has 0 radical (unpaired) electrons. The zero-order valence-corrected chi connectivity index (χ0v) is 13.9. The Labute approximate surface area is 143 Å². The van der Waals surface area contributed by atoms with E-state index in [1.807, 2.05) is 12.1 Å². The van der Waals surface area contributed by atoms with E-state index >= 15 is 0 Å². The van der Waals surface area contributed by atoms with Gasteiger partial charge in [0.2, 0.25) is 10.0 Å². The highest BCUT2D eigenvalue weighted by Gasteiger charge is 2.17. The van der Waals surface area contributed by atoms with Crippen molar-refractivity contribution in [3.63, 3.8) is 0 Å². The van der Waals surface area contributed by atoms with E-state index in [1.54, 1.807) is 30.5 Å². The maximum absolute atomic E-state index is 14.1. The Morgan fingerprint density at radius 2 is 1.79 bits per heavy atom. The van der Waals surface area contributed by atoms with Crippen LogP contribution < -0.4 is 5.14 Å². The van der Waals surface area contributed by atoms with Crippen LogP contribution in [0, 0.1) is 5.82 Å². The molecule has 24 heavy (non-hydrogen) atoms. The number of pyridine rings is 1. The molecule has 7 heteroatoms. The van der Waals surface area contributed by atoms with Gasteiger partial charge in [0.15, 0.2) is 0 Å². The average molecular weight is 363 g/mol. The second-order valence-corrected chi connectivity index (χ2v) is 7.07. The van der Waals surface area contributed by atoms with Crippen molar-refractivity contribution in [1.82, 2.24) is 4.98 Å². The first-order valence-corrected chi connectivity index (χ1v) is 8.82. The lowest BCUT2D eigenvalue weighted by Crippen LogP contribution is -2.14. The first kappa shape index (κ1) is 16.6. The smallest absolute Gasteiger partial charge is 0.240 e. The van der Waals surface area contributed by atoms with Gasteiger partial charge in [0.25, 0.3) is 0 Å². The van der Waals surface area contributed by atoms with Crippen LogP contribution in [-0.2, 0) is 10.0 Å². The average Bonchev–Trinajstić information content (AvgIpc) is 2.53. The molecule has 122 valence electrons. The maximum Gasteiger partial charge on any atom is 0.240 e. The van der Waals surface area contributed by atoms with Crippen LogP contribution in [0.1, 0.15) is 0 Å². The molecule has 0 bridgehead atoms. The van der Waals surface area contributed by atoms with Crippen LogP contribution in [0.15, 0.2) is 65.7 Å². The summed E-state index contributed by atoms with van der Waals surface area (Å²) < 4.78 is 36.8. The Bertz CT molecular complexity index is 1020. The molecule has 0 saturated carbocycles. The fourth-order valence-electron chi connectivity index (χ4n) is 2.40. The summed E-state index contributed by atoms with van der Waals surface area (Å²) in [7, 11) is -4.11. The van der Waals surface area contributed by atoms with Gasteiger partial charge in [-0.05, 0) is 35.9 Å². The highest BCUT2D eigenvalue weighted by atomic mass is 35.5. The normalized spacial score (nSPS) is 11.5. The number of halogens is 2. The van der Waals surface area contributed by atoms with Crippen LogP contribution >= 0.6 is 11.6 Å². The van der Waals surface area contributed by atoms with Gasteiger partial charge in [0.05, 0.1) is 5.69 Å². The third-order valence-corrected chi connectivity index (χ3v) is 4.63. The Kier molecular flexibility index (Phi) is 4.36. The molecule has 0 aliphatic heterocycles. The highest BCUT2D eigenvalue weighted by Crippen LogP contribution is 2.32. The molecule has 0 amide bonds. The van der Waals surface area contributed by atoms with Gasteiger partial charge in [-0.15, -0.1) is 0 Å². The first-order valence-electron chi connectivity index (χ1n) is 6.90. The van der Waals surface area contributed by atoms with E-state index in [4.69, 9.17) is 16.7 Å². The summed E-state index contributed by atoms with van der Waals surface area (Å²) in [5.41, 5.74) is 2.53. The van der Waals surface area contributed by atoms with Crippen molar-refractivity contribution in [2.45, 2.75) is 4.90 Å². The molecular weight excluding hydrogens is 351 g/mol. The summed E-state index contributed by atoms with van der Waals surface area (Å²) in [4.78, 5) is 3.75. The van der Waals surface area contributed by atoms with Crippen LogP contribution in [0.25, 0.3) is 22.4 Å². The van der Waals surface area contributed by atoms with Gasteiger partial charge < -0.3 is 0 Å². The van der Waals surface area contributed by atoms with E-state index in [0.717, 1.165) is 23.3 Å². The molecule has 0 fully saturated rings. The number of hydrogen-bond acceptors (Lipinski definition) is 3. The lowest BCUT2D eigenvalue weighted by molar-refractivity contribution is 0.568. The second kappa shape index (κ2) is 6.32. The Morgan fingerprint density at radius 3 is 2.46 bits per heavy atom. The summed E-state index contributed by atoms with van der Waals surface area (Å²) in [5.74, 6) is -0.919. The van der Waals surface area contributed by atoms with E-state index in [0.29, 0.717) is 16.3 Å². The molecule has 0 spiro atoms. The molecule has 3 aromatic rings. The molecule has 4 nitrogen and oxygen atoms in total. The summed E-state index contributed by atoms with van der Waals surface area (Å²) >= 11 is 6.03. The minimum absolute atomic E-state index is 0.440. The maximum atomic E-state index is 14.1. The Morgan fingerprint density at radius 1 is 1.00 bits per heavy atom. The predicted molar refractivity (Wildman–Crippen MR) is 91.5 cm³/mol. The summed E-state index contributed by atoms with van der Waals surface area (Å²) in [6.45, 7) is 0. The quantitative estimate of drug-likeness (QED) is 0.769. The molecule has 3 rings (SSSR count). The molecule has 0 atom stereocenters. The molecule has 0 aliphatic carbocycles. The van der Waals surface area contributed by atoms with Gasteiger partial charge in [-0.1, -0.05) is 35.9 Å². The van der Waals surface area contributed by atoms with Gasteiger partial charge >= 0.3 is 0 Å². The van der Waals surface area contributed by atoms with Crippen LogP contribution in [0.5, 0.6) is 0 Å². The van der Waals surface area contributed by atoms with Gasteiger partial charge in [-0.3, -0.25) is 4.98 Å². The largest absolute Gasteiger partial charge is 0.256 e. The van der Waals surface area contributed by atoms with Crippen LogP contribution in [0.3, 0.4) is 0 Å². The number of aromatic nitrogens is 1. The van der Waals surface area contributed by atoms with E-state index in [2.05, 4.69) is 4.98 Å². The molecular formula is C17H12ClFN2O2S. The predicted octanol–water partition coefficient (Wildman–Crippen LogP) is 3.86. The van der Waals surface area contributed by atoms with Crippen molar-refractivity contribution in [2.75, 3.05) is 0 Å². The zero-order valence-electron chi connectivity index (χ0n) is 12.3. The molecule has 1 heterocycles. The highest BCUT2D eigenvalue weighted by molar-refractivity contribution is 7.89. The van der Waals surface area contributed by atoms with Crippen molar-refractivity contribution in [1.29, 1.82) is 0 Å². The molecule has 0 aliphatic rings. The SMILES string of the molecule is NS(=O)(=O)c1ccc(-c2ncccc2-c2cccc(Cl)c2)cc1F. The summed E-state index contributed by atoms with van der Waals surface area (Å²) in [6.07, 6.45) is 1.58. The topological polar surface area (TPSA) is 73.1 Å². The lowest BCUT2D eigenvalue weighted by atomic mass is 9.99. The molecule has 1 aromatic heterocycles. The van der Waals surface area contributed by atoms with Gasteiger partial charge in [-0.25, -0.2) is 17.9 Å². The van der Waals surface area contributed by atoms with E-state index < -0.39 is 20.7 Å². The van der Waals surface area contributed by atoms with Crippen molar-refractivity contribution in [3.8, 4) is 22.4 Å². The Hall–Kier alpha value is -2.28. The minimum atomic E-state index is -4.11. The monoisotopic (exact) mass is 362 g/mol. The second-order valence-electron chi connectivity index (χ2n) is 5.10. The van der Waals surface area contributed by atoms with E-state index in [9.17, 15) is 12.8 Å². The first-order chi connectivity index (χ1) is 11.4. The van der Waals surface area contributed by atoms with Gasteiger partial charge in [0, 0.05) is 22.3 Å². The van der Waals surface area contributed by atoms with Crippen LogP contribution in [-0.4, -0.2) is 13.4 Å². The third-order valence-electron chi connectivity index (χ3n) is 3.46. The zero-order chi connectivity index (χ0) is 17.3. The summed E-state index contributed by atoms with van der Waals surface area (Å²) in [6, 6.07) is 14.5. The minimum Gasteiger partial charge on any atom is -0.256 e. The Balaban J connectivity index is 2.16. The number of hydrogen-bond donors (Lipinski definition) is 1. The van der Waals surface area contributed by atoms with Gasteiger partial charge in [-0.2, -0.15) is 0 Å². The van der Waals surface area contributed by atoms with Crippen molar-refractivity contribution in [2.24, 2.45) is 5.14 Å². The summed E-state index contributed by atoms with van der Waals surface area (Å²) in [5, 5.41) is 5.55. The van der Waals surface area contributed by atoms with Gasteiger partial charge in [0.1, 0.15) is 10.7 Å². The number of rotatable bonds is 3. The standard InChI is InChI=1S/C17H12ClFN2O2S/c18-13-4-1-3-11(9-13)14-5-2-8-21-17(14)12-6-7-16(15(19)10-12)24(20,22)23/h1-10H,(H2,20,22,23). The van der Waals surface area contributed by atoms with Crippen LogP contribution in [0.2, 0.25) is 5.02 Å². The fourth-order valence-corrected chi connectivity index (χ4v) is 3.18. The van der Waals surface area contributed by atoms with Crippen molar-refractivity contribution >= 4 is 21.6 Å². The molecule has 0 unspecified atom stereocenters. The van der Waals surface area contributed by atoms with Crippen molar-refractivity contribution in [3.05, 3.63) is 71.6 Å². The molecule has 0 saturated heterocycles. The number of nitrogens with two attached hydrogens (primary N) is 1. The number of benzene rings is 2. The number of primary sulfonamides is 1. The number of sulfonamides is 1. The molecule has 2 N–H and O–H groups in total. The third kappa shape index (κ3) is 3.31. The number of nitrogens with zero attached hydrogens (tertiary/aromatic N) is 1. The van der Waals surface area contributed by atoms with E-state index in [1.165, 1.54) is 6.07 Å². The van der Waals surface area contributed by atoms with Crippen LogP contribution in [0.4, 0.5) is 4.39 Å². The molecule has 2 aromatic carbocycles.